The molecule has 1 aliphatic heterocycles. The van der Waals surface area contributed by atoms with Gasteiger partial charge in [0.05, 0.1) is 38.4 Å². The Kier molecular flexibility index (Phi) is 22.3. The van der Waals surface area contributed by atoms with Crippen LogP contribution in [0.15, 0.2) is 152 Å². The number of amides is 4. The minimum absolute atomic E-state index is 0.0299. The van der Waals surface area contributed by atoms with Gasteiger partial charge in [0.25, 0.3) is 0 Å². The first-order chi connectivity index (χ1) is 36.9. The van der Waals surface area contributed by atoms with Gasteiger partial charge in [0, 0.05) is 0 Å². The smallest absolute Gasteiger partial charge is 0.408 e. The summed E-state index contributed by atoms with van der Waals surface area (Å²) in [7, 11) is 0. The van der Waals surface area contributed by atoms with E-state index in [1.807, 2.05) is 97.1 Å². The number of hydrogen-bond acceptors (Lipinski definition) is 13. The molecule has 4 N–H and O–H groups in total. The number of carbonyl (C=O) groups is 6. The summed E-state index contributed by atoms with van der Waals surface area (Å²) in [5, 5.41) is 10.8. The lowest BCUT2D eigenvalue weighted by Gasteiger charge is -2.46. The molecule has 0 bridgehead atoms. The van der Waals surface area contributed by atoms with Crippen LogP contribution in [0.1, 0.15) is 87.5 Å². The third kappa shape index (κ3) is 19.0. The van der Waals surface area contributed by atoms with Gasteiger partial charge in [-0.3, -0.25) is 14.4 Å². The molecule has 5 aromatic rings. The number of benzene rings is 5. The van der Waals surface area contributed by atoms with E-state index < -0.39 is 108 Å². The van der Waals surface area contributed by atoms with Crippen molar-refractivity contribution in [3.8, 4) is 0 Å². The minimum Gasteiger partial charge on any atom is -0.458 e. The number of hydrogen-bond donors (Lipinski definition) is 4. The molecule has 0 saturated carbocycles. The summed E-state index contributed by atoms with van der Waals surface area (Å²) in [5.41, 5.74) is 2.53. The molecule has 1 aliphatic rings. The molecule has 0 aromatic heterocycles. The zero-order chi connectivity index (χ0) is 55.3. The van der Waals surface area contributed by atoms with Crippen LogP contribution in [0.5, 0.6) is 0 Å². The monoisotopic (exact) mass is 1060 g/mol. The number of alkyl carbamates (subject to hydrolysis) is 1. The molecule has 1 heterocycles. The molecule has 0 aliphatic carbocycles. The molecule has 17 heteroatoms. The van der Waals surface area contributed by atoms with Crippen LogP contribution in [0.4, 0.5) is 4.79 Å². The van der Waals surface area contributed by atoms with Crippen molar-refractivity contribution >= 4 is 35.8 Å². The topological polar surface area (TPSA) is 215 Å². The van der Waals surface area contributed by atoms with Gasteiger partial charge in [-0.2, -0.15) is 0 Å². The first-order valence-corrected chi connectivity index (χ1v) is 25.9. The highest BCUT2D eigenvalue weighted by molar-refractivity contribution is 5.96. The molecule has 0 radical (unpaired) electrons. The van der Waals surface area contributed by atoms with Crippen LogP contribution >= 0.6 is 0 Å². The molecule has 410 valence electrons. The second-order valence-electron chi connectivity index (χ2n) is 20.4. The summed E-state index contributed by atoms with van der Waals surface area (Å²) in [6.07, 6.45) is -7.60. The fourth-order valence-electron chi connectivity index (χ4n) is 8.27. The van der Waals surface area contributed by atoms with Gasteiger partial charge in [-0.15, -0.1) is 0 Å². The van der Waals surface area contributed by atoms with Gasteiger partial charge in [0.15, 0.2) is 12.3 Å². The number of rotatable bonds is 25. The van der Waals surface area contributed by atoms with Crippen LogP contribution in [-0.4, -0.2) is 96.7 Å². The Morgan fingerprint density at radius 2 is 1.03 bits per heavy atom. The van der Waals surface area contributed by atoms with E-state index in [9.17, 15) is 28.8 Å². The fraction of sp³-hybridized carbons (Fsp3) is 0.400. The van der Waals surface area contributed by atoms with Gasteiger partial charge >= 0.3 is 18.0 Å². The van der Waals surface area contributed by atoms with Gasteiger partial charge in [-0.05, 0) is 67.0 Å². The van der Waals surface area contributed by atoms with Crippen LogP contribution in [0.25, 0.3) is 0 Å². The SMILES string of the molecule is CC(C)[C@H](NC(=O)OCc1ccccc1)C(=O)N[C@@H](CC(=O)N[C@@H]1O[C@H](COCc2ccccc2)[C@@H](OCc2ccccc2)[C@H](OCc2ccccc2)[C@H]1OC(=O)c1ccccc1)C(=O)N[C@H](C(=O)OC(C)(C)C)C(C)C. The molecule has 0 spiro atoms. The van der Waals surface area contributed by atoms with Gasteiger partial charge < -0.3 is 54.4 Å². The summed E-state index contributed by atoms with van der Waals surface area (Å²) in [6.45, 7) is 12.0. The molecule has 17 nitrogen and oxygen atoms in total. The van der Waals surface area contributed by atoms with E-state index in [4.69, 9.17) is 33.2 Å². The van der Waals surface area contributed by atoms with Crippen molar-refractivity contribution in [2.75, 3.05) is 6.61 Å². The van der Waals surface area contributed by atoms with E-state index in [0.29, 0.717) is 0 Å². The van der Waals surface area contributed by atoms with E-state index in [2.05, 4.69) is 21.3 Å². The van der Waals surface area contributed by atoms with Crippen LogP contribution < -0.4 is 21.3 Å². The molecule has 5 aromatic carbocycles. The van der Waals surface area contributed by atoms with Crippen LogP contribution in [0.2, 0.25) is 0 Å². The Hall–Kier alpha value is -7.44. The van der Waals surface area contributed by atoms with Crippen LogP contribution in [-0.2, 0) is 78.8 Å². The zero-order valence-corrected chi connectivity index (χ0v) is 44.8. The summed E-state index contributed by atoms with van der Waals surface area (Å²) in [5.74, 6) is -5.10. The summed E-state index contributed by atoms with van der Waals surface area (Å²) in [6, 6.07) is 41.5. The van der Waals surface area contributed by atoms with Gasteiger partial charge in [0.1, 0.15) is 48.6 Å². The largest absolute Gasteiger partial charge is 0.458 e. The lowest BCUT2D eigenvalue weighted by Crippen LogP contribution is -2.66. The third-order valence-electron chi connectivity index (χ3n) is 12.2. The van der Waals surface area contributed by atoms with E-state index in [1.54, 1.807) is 103 Å². The molecule has 4 amide bonds. The Morgan fingerprint density at radius 1 is 0.545 bits per heavy atom. The number of carbonyl (C=O) groups excluding carboxylic acids is 6. The maximum absolute atomic E-state index is 14.8. The normalized spacial score (nSPS) is 18.5. The van der Waals surface area contributed by atoms with Crippen molar-refractivity contribution in [3.05, 3.63) is 179 Å². The van der Waals surface area contributed by atoms with E-state index >= 15 is 0 Å². The molecule has 0 unspecified atom stereocenters. The molecule has 1 fully saturated rings. The third-order valence-corrected chi connectivity index (χ3v) is 12.2. The summed E-state index contributed by atoms with van der Waals surface area (Å²) < 4.78 is 43.9. The van der Waals surface area contributed by atoms with E-state index in [0.717, 1.165) is 22.3 Å². The average Bonchev–Trinajstić information content (AvgIpc) is 3.41. The van der Waals surface area contributed by atoms with E-state index in [1.165, 1.54) is 0 Å². The predicted octanol–water partition coefficient (Wildman–Crippen LogP) is 7.75. The Balaban J connectivity index is 1.34. The Morgan fingerprint density at radius 3 is 1.53 bits per heavy atom. The Labute approximate surface area is 451 Å². The highest BCUT2D eigenvalue weighted by Crippen LogP contribution is 2.31. The van der Waals surface area contributed by atoms with Crippen molar-refractivity contribution in [2.45, 2.75) is 136 Å². The lowest BCUT2D eigenvalue weighted by molar-refractivity contribution is -0.265. The minimum atomic E-state index is -1.67. The maximum Gasteiger partial charge on any atom is 0.408 e. The van der Waals surface area contributed by atoms with Gasteiger partial charge in [-0.1, -0.05) is 167 Å². The first kappa shape index (κ1) is 58.8. The second kappa shape index (κ2) is 29.2. The van der Waals surface area contributed by atoms with Crippen molar-refractivity contribution < 1.29 is 61.9 Å². The summed E-state index contributed by atoms with van der Waals surface area (Å²) in [4.78, 5) is 84.5. The number of ether oxygens (including phenoxy) is 7. The lowest BCUT2D eigenvalue weighted by atomic mass is 9.96. The quantitative estimate of drug-likeness (QED) is 0.0325. The van der Waals surface area contributed by atoms with E-state index in [-0.39, 0.29) is 38.6 Å². The van der Waals surface area contributed by atoms with Crippen molar-refractivity contribution in [2.24, 2.45) is 11.8 Å². The first-order valence-electron chi connectivity index (χ1n) is 25.9. The molecular formula is C60H72N4O13. The fourth-order valence-corrected chi connectivity index (χ4v) is 8.27. The number of esters is 2. The predicted molar refractivity (Wildman–Crippen MR) is 286 cm³/mol. The molecule has 8 atom stereocenters. The van der Waals surface area contributed by atoms with Crippen LogP contribution in [0, 0.1) is 11.8 Å². The van der Waals surface area contributed by atoms with Crippen molar-refractivity contribution in [3.63, 3.8) is 0 Å². The van der Waals surface area contributed by atoms with Crippen molar-refractivity contribution in [1.29, 1.82) is 0 Å². The zero-order valence-electron chi connectivity index (χ0n) is 44.8. The van der Waals surface area contributed by atoms with Gasteiger partial charge in [-0.25, -0.2) is 14.4 Å². The average molecular weight is 1060 g/mol. The van der Waals surface area contributed by atoms with Gasteiger partial charge in [0.2, 0.25) is 17.7 Å². The molecule has 77 heavy (non-hydrogen) atoms. The number of nitrogens with one attached hydrogen (secondary N) is 4. The molecule has 1 saturated heterocycles. The Bertz CT molecular complexity index is 2640. The van der Waals surface area contributed by atoms with Crippen LogP contribution in [0.3, 0.4) is 0 Å². The second-order valence-corrected chi connectivity index (χ2v) is 20.4. The molecule has 6 rings (SSSR count). The maximum atomic E-state index is 14.8. The standard InChI is InChI=1S/C60H72N4O13/c1-39(2)49(64-59(70)74-37-44-29-19-11-20-30-44)55(67)61-46(54(66)63-50(40(3)4)58(69)77-60(5,6)7)33-48(65)62-56-53(76-57(68)45-31-21-12-22-32-45)52(73-36-43-27-17-10-18-28-43)51(72-35-42-25-15-9-16-26-42)47(75-56)38-71-34-41-23-13-8-14-24-41/h8-32,39-40,46-47,49-53,56H,33-38H2,1-7H3,(H,61,67)(H,62,65)(H,63,66)(H,64,70)/t46-,47+,49-,50-,51+,52-,53+,56+/m0/s1. The summed E-state index contributed by atoms with van der Waals surface area (Å²) >= 11 is 0. The van der Waals surface area contributed by atoms with Crippen molar-refractivity contribution in [1.82, 2.24) is 21.3 Å². The molecular weight excluding hydrogens is 985 g/mol. The highest BCUT2D eigenvalue weighted by atomic mass is 16.6. The highest BCUT2D eigenvalue weighted by Gasteiger charge is 2.51.